The SMILES string of the molecule is O=c1[nH]c(C(NCc2ccc(Cl)c(Cl)c2)C2C(O)C3CCN2CC3)nc2c[nH]nc12. The molecular weight excluding hydrogens is 427 g/mol. The quantitative estimate of drug-likeness (QED) is 0.476. The van der Waals surface area contributed by atoms with Gasteiger partial charge in [0.2, 0.25) is 0 Å². The summed E-state index contributed by atoms with van der Waals surface area (Å²) in [4.78, 5) is 22.3. The minimum Gasteiger partial charge on any atom is -0.391 e. The second-order valence-corrected chi connectivity index (χ2v) is 8.85. The van der Waals surface area contributed by atoms with Crippen LogP contribution in [0.4, 0.5) is 0 Å². The minimum absolute atomic E-state index is 0.187. The molecule has 2 aromatic heterocycles. The smallest absolute Gasteiger partial charge is 0.279 e. The molecule has 5 heterocycles. The summed E-state index contributed by atoms with van der Waals surface area (Å²) in [6, 6.07) is 4.91. The van der Waals surface area contributed by atoms with Gasteiger partial charge in [-0.05, 0) is 49.5 Å². The van der Waals surface area contributed by atoms with Crippen molar-refractivity contribution in [2.24, 2.45) is 5.92 Å². The van der Waals surface area contributed by atoms with E-state index in [0.717, 1.165) is 31.5 Å². The lowest BCUT2D eigenvalue weighted by atomic mass is 9.77. The zero-order chi connectivity index (χ0) is 20.8. The maximum absolute atomic E-state index is 12.5. The highest BCUT2D eigenvalue weighted by molar-refractivity contribution is 6.42. The molecule has 3 aliphatic rings. The fourth-order valence-corrected chi connectivity index (χ4v) is 5.06. The van der Waals surface area contributed by atoms with Gasteiger partial charge in [0.1, 0.15) is 11.3 Å². The van der Waals surface area contributed by atoms with Gasteiger partial charge in [0, 0.05) is 12.7 Å². The van der Waals surface area contributed by atoms with Crippen LogP contribution >= 0.6 is 23.2 Å². The van der Waals surface area contributed by atoms with Crippen LogP contribution in [0.1, 0.15) is 30.3 Å². The van der Waals surface area contributed by atoms with Crippen molar-refractivity contribution in [3.63, 3.8) is 0 Å². The molecule has 0 aliphatic carbocycles. The standard InChI is InChI=1S/C20H22Cl2N6O2/c21-12-2-1-10(7-13(12)22)8-23-16(17-18(29)11-3-5-28(17)6-4-11)19-25-14-9-24-27-15(14)20(30)26-19/h1-2,7,9,11,16-18,23,29H,3-6,8H2,(H,24,27)(H,25,26,30). The highest BCUT2D eigenvalue weighted by Gasteiger charge is 2.46. The number of aliphatic hydroxyl groups excluding tert-OH is 1. The van der Waals surface area contributed by atoms with Crippen molar-refractivity contribution in [3.05, 3.63) is 56.2 Å². The molecule has 0 spiro atoms. The lowest BCUT2D eigenvalue weighted by molar-refractivity contribution is -0.0866. The molecule has 6 rings (SSSR count). The van der Waals surface area contributed by atoms with Gasteiger partial charge >= 0.3 is 0 Å². The van der Waals surface area contributed by atoms with Crippen LogP contribution in [0.15, 0.2) is 29.2 Å². The first-order valence-corrected chi connectivity index (χ1v) is 10.8. The summed E-state index contributed by atoms with van der Waals surface area (Å²) >= 11 is 12.2. The minimum atomic E-state index is -0.496. The third kappa shape index (κ3) is 3.52. The maximum atomic E-state index is 12.5. The number of H-pyrrole nitrogens is 2. The van der Waals surface area contributed by atoms with E-state index in [2.05, 4.69) is 30.4 Å². The van der Waals surface area contributed by atoms with Gasteiger partial charge in [-0.25, -0.2) is 4.98 Å². The molecule has 8 nitrogen and oxygen atoms in total. The van der Waals surface area contributed by atoms with E-state index in [9.17, 15) is 9.90 Å². The summed E-state index contributed by atoms with van der Waals surface area (Å²) in [5, 5.41) is 22.2. The van der Waals surface area contributed by atoms with Gasteiger partial charge in [-0.1, -0.05) is 29.3 Å². The predicted octanol–water partition coefficient (Wildman–Crippen LogP) is 2.24. The lowest BCUT2D eigenvalue weighted by Gasteiger charge is -2.51. The largest absolute Gasteiger partial charge is 0.391 e. The molecule has 158 valence electrons. The molecule has 3 saturated heterocycles. The third-order valence-electron chi connectivity index (χ3n) is 6.29. The van der Waals surface area contributed by atoms with Crippen LogP contribution < -0.4 is 10.9 Å². The Morgan fingerprint density at radius 3 is 2.80 bits per heavy atom. The number of halogens is 2. The molecule has 3 aliphatic heterocycles. The van der Waals surface area contributed by atoms with Crippen LogP contribution in [-0.2, 0) is 6.54 Å². The van der Waals surface area contributed by atoms with Crippen molar-refractivity contribution >= 4 is 34.2 Å². The number of piperidine rings is 3. The van der Waals surface area contributed by atoms with Gasteiger partial charge < -0.3 is 15.4 Å². The van der Waals surface area contributed by atoms with Crippen molar-refractivity contribution in [1.82, 2.24) is 30.4 Å². The highest BCUT2D eigenvalue weighted by atomic mass is 35.5. The Morgan fingerprint density at radius 1 is 1.27 bits per heavy atom. The molecule has 10 heteroatoms. The van der Waals surface area contributed by atoms with E-state index in [1.165, 1.54) is 0 Å². The molecule has 3 aromatic rings. The van der Waals surface area contributed by atoms with Crippen molar-refractivity contribution in [2.75, 3.05) is 13.1 Å². The fraction of sp³-hybridized carbons (Fsp3) is 0.450. The van der Waals surface area contributed by atoms with E-state index in [4.69, 9.17) is 23.2 Å². The number of nitrogens with zero attached hydrogens (tertiary/aromatic N) is 3. The molecule has 3 atom stereocenters. The van der Waals surface area contributed by atoms with E-state index < -0.39 is 6.10 Å². The maximum Gasteiger partial charge on any atom is 0.279 e. The normalized spacial score (nSPS) is 26.9. The van der Waals surface area contributed by atoms with Crippen LogP contribution in [0, 0.1) is 5.92 Å². The molecule has 0 amide bonds. The second-order valence-electron chi connectivity index (χ2n) is 8.03. The fourth-order valence-electron chi connectivity index (χ4n) is 4.73. The van der Waals surface area contributed by atoms with E-state index in [1.54, 1.807) is 12.3 Å². The molecular formula is C20H22Cl2N6O2. The summed E-state index contributed by atoms with van der Waals surface area (Å²) in [6.07, 6.45) is 3.08. The van der Waals surface area contributed by atoms with Crippen LogP contribution in [0.2, 0.25) is 10.0 Å². The Kier molecular flexibility index (Phi) is 5.28. The lowest BCUT2D eigenvalue weighted by Crippen LogP contribution is -2.62. The summed E-state index contributed by atoms with van der Waals surface area (Å²) in [5.41, 5.74) is 1.42. The number of aliphatic hydroxyl groups is 1. The summed E-state index contributed by atoms with van der Waals surface area (Å²) in [7, 11) is 0. The average molecular weight is 449 g/mol. The first-order chi connectivity index (χ1) is 14.5. The Labute approximate surface area is 182 Å². The molecule has 4 N–H and O–H groups in total. The van der Waals surface area contributed by atoms with E-state index in [-0.39, 0.29) is 29.1 Å². The number of hydrogen-bond acceptors (Lipinski definition) is 6. The Bertz CT molecular complexity index is 1120. The van der Waals surface area contributed by atoms with E-state index in [0.29, 0.717) is 27.9 Å². The summed E-state index contributed by atoms with van der Waals surface area (Å²) in [5.74, 6) is 0.754. The third-order valence-corrected chi connectivity index (χ3v) is 7.03. The topological polar surface area (TPSA) is 110 Å². The van der Waals surface area contributed by atoms with Crippen molar-refractivity contribution in [2.45, 2.75) is 37.6 Å². The Morgan fingerprint density at radius 2 is 2.07 bits per heavy atom. The zero-order valence-corrected chi connectivity index (χ0v) is 17.6. The van der Waals surface area contributed by atoms with Crippen molar-refractivity contribution in [3.8, 4) is 0 Å². The molecule has 3 unspecified atom stereocenters. The van der Waals surface area contributed by atoms with Crippen LogP contribution in [0.5, 0.6) is 0 Å². The summed E-state index contributed by atoms with van der Waals surface area (Å²) < 4.78 is 0. The first-order valence-electron chi connectivity index (χ1n) is 10.0. The van der Waals surface area contributed by atoms with Crippen molar-refractivity contribution < 1.29 is 5.11 Å². The zero-order valence-electron chi connectivity index (χ0n) is 16.1. The van der Waals surface area contributed by atoms with Gasteiger partial charge in [-0.3, -0.25) is 14.8 Å². The molecule has 0 radical (unpaired) electrons. The predicted molar refractivity (Wildman–Crippen MR) is 115 cm³/mol. The Hall–Kier alpha value is -1.97. The van der Waals surface area contributed by atoms with Gasteiger partial charge in [0.15, 0.2) is 5.52 Å². The van der Waals surface area contributed by atoms with Gasteiger partial charge in [0.05, 0.1) is 28.2 Å². The molecule has 0 saturated carbocycles. The molecule has 30 heavy (non-hydrogen) atoms. The number of rotatable bonds is 5. The van der Waals surface area contributed by atoms with Gasteiger partial charge in [-0.2, -0.15) is 5.10 Å². The number of aromatic nitrogens is 4. The number of nitrogens with one attached hydrogen (secondary N) is 3. The van der Waals surface area contributed by atoms with Gasteiger partial charge in [-0.15, -0.1) is 0 Å². The number of benzene rings is 1. The van der Waals surface area contributed by atoms with E-state index >= 15 is 0 Å². The monoisotopic (exact) mass is 448 g/mol. The van der Waals surface area contributed by atoms with Gasteiger partial charge in [0.25, 0.3) is 5.56 Å². The molecule has 1 aromatic carbocycles. The highest BCUT2D eigenvalue weighted by Crippen LogP contribution is 2.37. The summed E-state index contributed by atoms with van der Waals surface area (Å²) in [6.45, 7) is 2.33. The first kappa shape index (κ1) is 20.0. The number of fused-ring (bicyclic) bond motifs is 4. The van der Waals surface area contributed by atoms with Crippen molar-refractivity contribution in [1.29, 1.82) is 0 Å². The van der Waals surface area contributed by atoms with Crippen LogP contribution in [-0.4, -0.2) is 55.4 Å². The number of hydrogen-bond donors (Lipinski definition) is 4. The van der Waals surface area contributed by atoms with E-state index in [1.807, 2.05) is 12.1 Å². The molecule has 3 fully saturated rings. The average Bonchev–Trinajstić information content (AvgIpc) is 3.22. The molecule has 2 bridgehead atoms. The number of aromatic amines is 2. The second kappa shape index (κ2) is 7.94. The van der Waals surface area contributed by atoms with Crippen LogP contribution in [0.25, 0.3) is 11.0 Å². The van der Waals surface area contributed by atoms with Crippen LogP contribution in [0.3, 0.4) is 0 Å². The Balaban J connectivity index is 1.51.